The Morgan fingerprint density at radius 1 is 0.750 bits per heavy atom. The number of fused-ring (bicyclic) bond motifs is 1. The van der Waals surface area contributed by atoms with E-state index >= 15 is 0 Å². The van der Waals surface area contributed by atoms with Crippen LogP contribution in [0.2, 0.25) is 0 Å². The minimum absolute atomic E-state index is 0.331. The Morgan fingerprint density at radius 2 is 1.33 bits per heavy atom. The molecule has 0 bridgehead atoms. The van der Waals surface area contributed by atoms with E-state index in [2.05, 4.69) is 15.2 Å². The van der Waals surface area contributed by atoms with E-state index in [0.29, 0.717) is 34.9 Å². The predicted molar refractivity (Wildman–Crippen MR) is 87.2 cm³/mol. The zero-order chi connectivity index (χ0) is 16.7. The maximum absolute atomic E-state index is 13.3. The Kier molecular flexibility index (Phi) is 3.30. The van der Waals surface area contributed by atoms with Crippen LogP contribution in [0.25, 0.3) is 22.4 Å². The van der Waals surface area contributed by atoms with Crippen LogP contribution in [-0.4, -0.2) is 16.0 Å². The largest absolute Gasteiger partial charge is 0.383 e. The second kappa shape index (κ2) is 5.49. The van der Waals surface area contributed by atoms with E-state index < -0.39 is 0 Å². The van der Waals surface area contributed by atoms with Gasteiger partial charge in [0.2, 0.25) is 0 Å². The molecule has 6 heteroatoms. The van der Waals surface area contributed by atoms with Crippen LogP contribution in [0.3, 0.4) is 0 Å². The van der Waals surface area contributed by atoms with Crippen molar-refractivity contribution in [3.63, 3.8) is 0 Å². The summed E-state index contributed by atoms with van der Waals surface area (Å²) in [5.74, 6) is -0.290. The summed E-state index contributed by atoms with van der Waals surface area (Å²) in [7, 11) is 0. The molecule has 0 fully saturated rings. The summed E-state index contributed by atoms with van der Waals surface area (Å²) in [6.45, 7) is 0.367. The molecule has 1 aromatic heterocycles. The number of halogens is 2. The highest BCUT2D eigenvalue weighted by Crippen LogP contribution is 2.36. The Bertz CT molecular complexity index is 948. The fourth-order valence-electron chi connectivity index (χ4n) is 2.81. The molecule has 0 amide bonds. The number of nitrogens with zero attached hydrogens (tertiary/aromatic N) is 3. The van der Waals surface area contributed by atoms with Gasteiger partial charge in [-0.2, -0.15) is 5.10 Å². The standard InChI is InChI=1S/C18H12F2N4/c19-12-5-1-10(2-6-12)15-16-14(9-22-18(16)21)23-24-17(15)11-3-7-13(20)8-4-11/h1-8H,9H2,(H2,21,22). The minimum Gasteiger partial charge on any atom is -0.383 e. The molecule has 2 heterocycles. The third-order valence-electron chi connectivity index (χ3n) is 3.95. The molecular formula is C18H12F2N4. The minimum atomic E-state index is -0.336. The molecule has 1 aliphatic rings. The van der Waals surface area contributed by atoms with Crippen LogP contribution in [0, 0.1) is 11.6 Å². The summed E-state index contributed by atoms with van der Waals surface area (Å²) in [4.78, 5) is 4.21. The Morgan fingerprint density at radius 3 is 1.96 bits per heavy atom. The smallest absolute Gasteiger partial charge is 0.128 e. The van der Waals surface area contributed by atoms with Gasteiger partial charge in [-0.05, 0) is 42.0 Å². The molecule has 0 spiro atoms. The van der Waals surface area contributed by atoms with Gasteiger partial charge in [0.15, 0.2) is 0 Å². The van der Waals surface area contributed by atoms with Gasteiger partial charge in [0.25, 0.3) is 0 Å². The lowest BCUT2D eigenvalue weighted by Gasteiger charge is -2.13. The average Bonchev–Trinajstić information content (AvgIpc) is 2.97. The van der Waals surface area contributed by atoms with Gasteiger partial charge in [0.05, 0.1) is 17.8 Å². The second-order valence-electron chi connectivity index (χ2n) is 5.46. The summed E-state index contributed by atoms with van der Waals surface area (Å²) in [5.41, 5.74) is 10.2. The van der Waals surface area contributed by atoms with Gasteiger partial charge in [-0.25, -0.2) is 8.78 Å². The number of benzene rings is 2. The number of nitrogens with two attached hydrogens (primary N) is 1. The van der Waals surface area contributed by atoms with Gasteiger partial charge in [0, 0.05) is 11.1 Å². The second-order valence-corrected chi connectivity index (χ2v) is 5.46. The van der Waals surface area contributed by atoms with E-state index in [4.69, 9.17) is 5.73 Å². The van der Waals surface area contributed by atoms with Crippen molar-refractivity contribution in [2.45, 2.75) is 6.54 Å². The highest BCUT2D eigenvalue weighted by molar-refractivity contribution is 6.08. The van der Waals surface area contributed by atoms with Crippen LogP contribution in [0.1, 0.15) is 11.3 Å². The van der Waals surface area contributed by atoms with Crippen molar-refractivity contribution >= 4 is 5.84 Å². The normalized spacial score (nSPS) is 12.8. The number of rotatable bonds is 2. The molecule has 118 valence electrons. The molecule has 0 unspecified atom stereocenters. The van der Waals surface area contributed by atoms with Gasteiger partial charge in [-0.1, -0.05) is 12.1 Å². The first-order chi connectivity index (χ1) is 11.6. The van der Waals surface area contributed by atoms with Gasteiger partial charge in [-0.15, -0.1) is 5.10 Å². The topological polar surface area (TPSA) is 64.2 Å². The highest BCUT2D eigenvalue weighted by Gasteiger charge is 2.24. The lowest BCUT2D eigenvalue weighted by atomic mass is 9.94. The van der Waals surface area contributed by atoms with Crippen molar-refractivity contribution < 1.29 is 8.78 Å². The molecular weight excluding hydrogens is 310 g/mol. The van der Waals surface area contributed by atoms with Gasteiger partial charge < -0.3 is 5.73 Å². The van der Waals surface area contributed by atoms with Crippen LogP contribution >= 0.6 is 0 Å². The third kappa shape index (κ3) is 2.32. The van der Waals surface area contributed by atoms with Crippen molar-refractivity contribution in [1.82, 2.24) is 10.2 Å². The Labute approximate surface area is 136 Å². The third-order valence-corrected chi connectivity index (χ3v) is 3.95. The molecule has 0 aliphatic carbocycles. The van der Waals surface area contributed by atoms with Crippen LogP contribution in [0.15, 0.2) is 53.5 Å². The van der Waals surface area contributed by atoms with Crippen molar-refractivity contribution in [1.29, 1.82) is 0 Å². The lowest BCUT2D eigenvalue weighted by molar-refractivity contribution is 0.627. The van der Waals surface area contributed by atoms with E-state index in [1.54, 1.807) is 24.3 Å². The summed E-state index contributed by atoms with van der Waals surface area (Å²) < 4.78 is 26.5. The maximum atomic E-state index is 13.3. The molecule has 0 radical (unpaired) electrons. The first-order valence-electron chi connectivity index (χ1n) is 7.35. The quantitative estimate of drug-likeness (QED) is 0.787. The molecule has 4 nitrogen and oxygen atoms in total. The Balaban J connectivity index is 2.01. The van der Waals surface area contributed by atoms with Gasteiger partial charge >= 0.3 is 0 Å². The molecule has 24 heavy (non-hydrogen) atoms. The van der Waals surface area contributed by atoms with Crippen molar-refractivity contribution in [3.8, 4) is 22.4 Å². The molecule has 2 N–H and O–H groups in total. The number of hydrogen-bond acceptors (Lipinski definition) is 4. The molecule has 2 aromatic carbocycles. The predicted octanol–water partition coefficient (Wildman–Crippen LogP) is 3.31. The SMILES string of the molecule is NC1=NCc2nnc(-c3ccc(F)cc3)c(-c3ccc(F)cc3)c21. The van der Waals surface area contributed by atoms with Gasteiger partial charge in [-0.3, -0.25) is 4.99 Å². The van der Waals surface area contributed by atoms with E-state index in [9.17, 15) is 8.78 Å². The molecule has 3 aromatic rings. The number of hydrogen-bond donors (Lipinski definition) is 1. The van der Waals surface area contributed by atoms with E-state index in [1.165, 1.54) is 24.3 Å². The summed E-state index contributed by atoms with van der Waals surface area (Å²) in [6.07, 6.45) is 0. The fraction of sp³-hybridized carbons (Fsp3) is 0.0556. The van der Waals surface area contributed by atoms with E-state index in [-0.39, 0.29) is 11.6 Å². The lowest BCUT2D eigenvalue weighted by Crippen LogP contribution is -2.14. The Hall–Kier alpha value is -3.15. The first kappa shape index (κ1) is 14.4. The zero-order valence-electron chi connectivity index (χ0n) is 12.5. The monoisotopic (exact) mass is 322 g/mol. The molecule has 1 aliphatic heterocycles. The van der Waals surface area contributed by atoms with Crippen molar-refractivity contribution in [3.05, 3.63) is 71.4 Å². The average molecular weight is 322 g/mol. The van der Waals surface area contributed by atoms with Crippen LogP contribution in [-0.2, 0) is 6.54 Å². The van der Waals surface area contributed by atoms with Crippen LogP contribution in [0.4, 0.5) is 8.78 Å². The molecule has 4 rings (SSSR count). The van der Waals surface area contributed by atoms with Crippen molar-refractivity contribution in [2.24, 2.45) is 10.7 Å². The van der Waals surface area contributed by atoms with Crippen LogP contribution < -0.4 is 5.73 Å². The van der Waals surface area contributed by atoms with E-state index in [0.717, 1.165) is 11.1 Å². The number of amidine groups is 1. The maximum Gasteiger partial charge on any atom is 0.128 e. The number of aromatic nitrogens is 2. The van der Waals surface area contributed by atoms with Crippen LogP contribution in [0.5, 0.6) is 0 Å². The molecule has 0 atom stereocenters. The molecule has 0 saturated heterocycles. The first-order valence-corrected chi connectivity index (χ1v) is 7.35. The van der Waals surface area contributed by atoms with Crippen molar-refractivity contribution in [2.75, 3.05) is 0 Å². The van der Waals surface area contributed by atoms with E-state index in [1.807, 2.05) is 0 Å². The summed E-state index contributed by atoms with van der Waals surface area (Å²) in [6, 6.07) is 12.0. The highest BCUT2D eigenvalue weighted by atomic mass is 19.1. The summed E-state index contributed by atoms with van der Waals surface area (Å²) in [5, 5.41) is 8.49. The van der Waals surface area contributed by atoms with Gasteiger partial charge in [0.1, 0.15) is 23.2 Å². The number of aliphatic imine (C=N–C) groups is 1. The zero-order valence-corrected chi connectivity index (χ0v) is 12.5. The fourth-order valence-corrected chi connectivity index (χ4v) is 2.81. The molecule has 0 saturated carbocycles. The summed E-state index contributed by atoms with van der Waals surface area (Å²) >= 11 is 0.